The van der Waals surface area contributed by atoms with E-state index in [0.717, 1.165) is 25.0 Å². The summed E-state index contributed by atoms with van der Waals surface area (Å²) in [5.41, 5.74) is 5.39. The van der Waals surface area contributed by atoms with E-state index in [1.807, 2.05) is 18.7 Å². The highest BCUT2D eigenvalue weighted by Crippen LogP contribution is 2.31. The van der Waals surface area contributed by atoms with Gasteiger partial charge in [-0.2, -0.15) is 11.8 Å². The normalized spacial score (nSPS) is 22.1. The maximum atomic E-state index is 11.9. The summed E-state index contributed by atoms with van der Waals surface area (Å²) in [5, 5.41) is 3.87. The van der Waals surface area contributed by atoms with Crippen molar-refractivity contribution < 1.29 is 0 Å². The van der Waals surface area contributed by atoms with Gasteiger partial charge < -0.3 is 11.1 Å². The summed E-state index contributed by atoms with van der Waals surface area (Å²) in [6, 6.07) is 0.255. The monoisotopic (exact) mass is 298 g/mol. The smallest absolute Gasteiger partial charge is 0.330 e. The second-order valence-corrected chi connectivity index (χ2v) is 6.57. The molecule has 0 saturated heterocycles. The summed E-state index contributed by atoms with van der Waals surface area (Å²) in [6.07, 6.45) is 3.21. The van der Waals surface area contributed by atoms with Crippen LogP contribution in [0.15, 0.2) is 9.59 Å². The van der Waals surface area contributed by atoms with Crippen molar-refractivity contribution in [1.29, 1.82) is 0 Å². The molecule has 112 valence electrons. The number of rotatable bonds is 5. The maximum Gasteiger partial charge on any atom is 0.330 e. The fraction of sp³-hybridized carbons (Fsp3) is 0.692. The van der Waals surface area contributed by atoms with Gasteiger partial charge in [0.2, 0.25) is 0 Å². The standard InChI is InChI=1S/C13H22N4O2S/c1-3-17-11(14)10(12(18)16-13(17)19)15-8-5-6-9(7-8)20-4-2/h8-9,15H,3-7,14H2,1-2H3,(H,16,18,19). The van der Waals surface area contributed by atoms with E-state index in [9.17, 15) is 9.59 Å². The van der Waals surface area contributed by atoms with Gasteiger partial charge in [-0.25, -0.2) is 4.79 Å². The van der Waals surface area contributed by atoms with Crippen LogP contribution in [-0.4, -0.2) is 26.6 Å². The lowest BCUT2D eigenvalue weighted by molar-refractivity contribution is 0.697. The van der Waals surface area contributed by atoms with Crippen LogP contribution in [0.3, 0.4) is 0 Å². The van der Waals surface area contributed by atoms with Gasteiger partial charge in [-0.1, -0.05) is 6.92 Å². The van der Waals surface area contributed by atoms with Gasteiger partial charge >= 0.3 is 5.69 Å². The molecule has 6 nitrogen and oxygen atoms in total. The molecule has 0 aromatic carbocycles. The van der Waals surface area contributed by atoms with Gasteiger partial charge in [0.1, 0.15) is 11.5 Å². The summed E-state index contributed by atoms with van der Waals surface area (Å²) in [7, 11) is 0. The number of nitrogens with zero attached hydrogens (tertiary/aromatic N) is 1. The summed E-state index contributed by atoms with van der Waals surface area (Å²) in [4.78, 5) is 25.8. The molecule has 1 aliphatic carbocycles. The molecular weight excluding hydrogens is 276 g/mol. The Morgan fingerprint density at radius 2 is 2.15 bits per heavy atom. The molecule has 20 heavy (non-hydrogen) atoms. The van der Waals surface area contributed by atoms with E-state index in [1.54, 1.807) is 0 Å². The first kappa shape index (κ1) is 15.0. The number of anilines is 2. The number of nitrogens with two attached hydrogens (primary N) is 1. The van der Waals surface area contributed by atoms with Gasteiger partial charge in [-0.05, 0) is 31.9 Å². The second-order valence-electron chi connectivity index (χ2n) is 5.00. The van der Waals surface area contributed by atoms with Crippen molar-refractivity contribution >= 4 is 23.3 Å². The summed E-state index contributed by atoms with van der Waals surface area (Å²) in [5.74, 6) is 1.34. The topological polar surface area (TPSA) is 92.9 Å². The molecule has 1 fully saturated rings. The number of H-pyrrole nitrogens is 1. The van der Waals surface area contributed by atoms with Crippen LogP contribution in [0.4, 0.5) is 11.5 Å². The maximum absolute atomic E-state index is 11.9. The highest BCUT2D eigenvalue weighted by molar-refractivity contribution is 7.99. The third-order valence-electron chi connectivity index (χ3n) is 3.69. The lowest BCUT2D eigenvalue weighted by Crippen LogP contribution is -2.35. The van der Waals surface area contributed by atoms with Gasteiger partial charge in [-0.3, -0.25) is 14.3 Å². The van der Waals surface area contributed by atoms with E-state index < -0.39 is 11.2 Å². The first-order valence-corrected chi connectivity index (χ1v) is 8.12. The Hall–Kier alpha value is -1.37. The fourth-order valence-electron chi connectivity index (χ4n) is 2.70. The quantitative estimate of drug-likeness (QED) is 0.760. The van der Waals surface area contributed by atoms with E-state index in [0.29, 0.717) is 17.5 Å². The van der Waals surface area contributed by atoms with Crippen molar-refractivity contribution in [2.45, 2.75) is 50.9 Å². The molecule has 0 radical (unpaired) electrons. The molecule has 1 aromatic rings. The molecule has 1 aromatic heterocycles. The summed E-state index contributed by atoms with van der Waals surface area (Å²) < 4.78 is 1.37. The molecule has 0 aliphatic heterocycles. The Balaban J connectivity index is 2.18. The molecule has 1 heterocycles. The minimum Gasteiger partial charge on any atom is -0.383 e. The van der Waals surface area contributed by atoms with Gasteiger partial charge in [0.05, 0.1) is 0 Å². The van der Waals surface area contributed by atoms with Gasteiger partial charge in [0, 0.05) is 17.8 Å². The molecule has 4 N–H and O–H groups in total. The predicted octanol–water partition coefficient (Wildman–Crippen LogP) is 1.22. The number of hydrogen-bond acceptors (Lipinski definition) is 5. The van der Waals surface area contributed by atoms with Crippen LogP contribution in [0.2, 0.25) is 0 Å². The minimum absolute atomic E-state index is 0.229. The molecule has 0 spiro atoms. The van der Waals surface area contributed by atoms with Crippen molar-refractivity contribution in [3.05, 3.63) is 20.8 Å². The lowest BCUT2D eigenvalue weighted by Gasteiger charge is -2.17. The van der Waals surface area contributed by atoms with Crippen LogP contribution < -0.4 is 22.3 Å². The molecule has 7 heteroatoms. The first-order valence-electron chi connectivity index (χ1n) is 7.07. The SMILES string of the molecule is CCSC1CCC(Nc2c(N)n(CC)c(=O)[nH]c2=O)C1. The minimum atomic E-state index is -0.452. The lowest BCUT2D eigenvalue weighted by atomic mass is 10.2. The number of thioether (sulfide) groups is 1. The van der Waals surface area contributed by atoms with Gasteiger partial charge in [0.25, 0.3) is 5.56 Å². The van der Waals surface area contributed by atoms with Crippen LogP contribution in [0, 0.1) is 0 Å². The van der Waals surface area contributed by atoms with Crippen LogP contribution in [0.25, 0.3) is 0 Å². The van der Waals surface area contributed by atoms with Crippen molar-refractivity contribution in [1.82, 2.24) is 9.55 Å². The largest absolute Gasteiger partial charge is 0.383 e. The average molecular weight is 298 g/mol. The summed E-state index contributed by atoms with van der Waals surface area (Å²) >= 11 is 1.96. The summed E-state index contributed by atoms with van der Waals surface area (Å²) in [6.45, 7) is 4.42. The zero-order valence-electron chi connectivity index (χ0n) is 11.9. The molecule has 1 saturated carbocycles. The Labute approximate surface area is 122 Å². The Bertz CT molecular complexity index is 581. The zero-order valence-corrected chi connectivity index (χ0v) is 12.8. The van der Waals surface area contributed by atoms with Crippen molar-refractivity contribution in [2.24, 2.45) is 0 Å². The van der Waals surface area contributed by atoms with Gasteiger partial charge in [0.15, 0.2) is 0 Å². The number of aromatic amines is 1. The number of aromatic nitrogens is 2. The molecule has 0 bridgehead atoms. The van der Waals surface area contributed by atoms with Crippen LogP contribution in [0.1, 0.15) is 33.1 Å². The van der Waals surface area contributed by atoms with Crippen molar-refractivity contribution in [3.63, 3.8) is 0 Å². The number of nitrogens with one attached hydrogen (secondary N) is 2. The molecule has 2 rings (SSSR count). The van der Waals surface area contributed by atoms with E-state index >= 15 is 0 Å². The Morgan fingerprint density at radius 3 is 2.80 bits per heavy atom. The van der Waals surface area contributed by atoms with Crippen LogP contribution >= 0.6 is 11.8 Å². The Kier molecular flexibility index (Phi) is 4.80. The first-order chi connectivity index (χ1) is 9.56. The van der Waals surface area contributed by atoms with E-state index in [2.05, 4.69) is 17.2 Å². The fourth-order valence-corrected chi connectivity index (χ4v) is 3.85. The van der Waals surface area contributed by atoms with Crippen molar-refractivity contribution in [2.75, 3.05) is 16.8 Å². The van der Waals surface area contributed by atoms with E-state index in [1.165, 1.54) is 4.57 Å². The van der Waals surface area contributed by atoms with E-state index in [-0.39, 0.29) is 11.9 Å². The molecule has 2 unspecified atom stereocenters. The molecule has 0 amide bonds. The number of nitrogen functional groups attached to an aromatic ring is 1. The van der Waals surface area contributed by atoms with Crippen LogP contribution in [0.5, 0.6) is 0 Å². The zero-order chi connectivity index (χ0) is 14.7. The van der Waals surface area contributed by atoms with Gasteiger partial charge in [-0.15, -0.1) is 0 Å². The predicted molar refractivity (Wildman–Crippen MR) is 84.6 cm³/mol. The highest BCUT2D eigenvalue weighted by Gasteiger charge is 2.26. The molecule has 1 aliphatic rings. The second kappa shape index (κ2) is 6.39. The Morgan fingerprint density at radius 1 is 1.40 bits per heavy atom. The van der Waals surface area contributed by atoms with Crippen molar-refractivity contribution in [3.8, 4) is 0 Å². The third-order valence-corrected chi connectivity index (χ3v) is 4.92. The molecular formula is C13H22N4O2S. The van der Waals surface area contributed by atoms with E-state index in [4.69, 9.17) is 5.73 Å². The third kappa shape index (κ3) is 3.03. The highest BCUT2D eigenvalue weighted by atomic mass is 32.2. The molecule has 2 atom stereocenters. The number of hydrogen-bond donors (Lipinski definition) is 3. The van der Waals surface area contributed by atoms with Crippen LogP contribution in [-0.2, 0) is 6.54 Å². The average Bonchev–Trinajstić information content (AvgIpc) is 2.83.